The van der Waals surface area contributed by atoms with Crippen LogP contribution in [-0.2, 0) is 21.1 Å². The van der Waals surface area contributed by atoms with Crippen LogP contribution in [-0.4, -0.2) is 32.5 Å². The molecule has 32 heavy (non-hydrogen) atoms. The molecule has 0 fully saturated rings. The fraction of sp³-hybridized carbons (Fsp3) is 0.130. The molecule has 4 rings (SSSR count). The molecular formula is C23H18Cl2N2O4S. The molecule has 6 nitrogen and oxygen atoms in total. The summed E-state index contributed by atoms with van der Waals surface area (Å²) in [5, 5.41) is 3.28. The van der Waals surface area contributed by atoms with E-state index in [1.165, 1.54) is 35.2 Å². The van der Waals surface area contributed by atoms with Crippen LogP contribution in [0.2, 0.25) is 10.0 Å². The van der Waals surface area contributed by atoms with E-state index in [4.69, 9.17) is 23.2 Å². The van der Waals surface area contributed by atoms with Gasteiger partial charge in [-0.2, -0.15) is 0 Å². The van der Waals surface area contributed by atoms with Crippen LogP contribution in [0.25, 0.3) is 0 Å². The van der Waals surface area contributed by atoms with Gasteiger partial charge < -0.3 is 5.32 Å². The van der Waals surface area contributed by atoms with Crippen molar-refractivity contribution in [3.8, 4) is 0 Å². The Kier molecular flexibility index (Phi) is 5.99. The zero-order valence-electron chi connectivity index (χ0n) is 16.9. The number of nitrogens with zero attached hydrogens (tertiary/aromatic N) is 1. The first-order valence-corrected chi connectivity index (χ1v) is 12.3. The summed E-state index contributed by atoms with van der Waals surface area (Å²) in [5.41, 5.74) is 1.67. The van der Waals surface area contributed by atoms with Gasteiger partial charge in [-0.05, 0) is 42.0 Å². The van der Waals surface area contributed by atoms with Crippen LogP contribution in [0.4, 0.5) is 11.4 Å². The van der Waals surface area contributed by atoms with Crippen LogP contribution in [0, 0.1) is 0 Å². The Morgan fingerprint density at radius 3 is 2.41 bits per heavy atom. The molecule has 1 aliphatic heterocycles. The van der Waals surface area contributed by atoms with Crippen molar-refractivity contribution in [2.24, 2.45) is 0 Å². The minimum absolute atomic E-state index is 0.0370. The lowest BCUT2D eigenvalue weighted by molar-refractivity contribution is -0.117. The van der Waals surface area contributed by atoms with Gasteiger partial charge in [0.05, 0.1) is 26.9 Å². The van der Waals surface area contributed by atoms with Gasteiger partial charge in [0, 0.05) is 17.7 Å². The number of nitrogens with one attached hydrogen (secondary N) is 1. The molecule has 0 saturated heterocycles. The third-order valence-electron chi connectivity index (χ3n) is 5.18. The van der Waals surface area contributed by atoms with Gasteiger partial charge in [0.2, 0.25) is 5.91 Å². The number of anilines is 2. The normalized spacial score (nSPS) is 15.8. The molecule has 9 heteroatoms. The summed E-state index contributed by atoms with van der Waals surface area (Å²) in [6.45, 7) is 0. The summed E-state index contributed by atoms with van der Waals surface area (Å²) in [7, 11) is -3.51. The van der Waals surface area contributed by atoms with E-state index >= 15 is 0 Å². The number of hydrogen-bond acceptors (Lipinski definition) is 4. The van der Waals surface area contributed by atoms with E-state index in [9.17, 15) is 18.0 Å². The highest BCUT2D eigenvalue weighted by atomic mass is 35.5. The molecule has 1 heterocycles. The van der Waals surface area contributed by atoms with Gasteiger partial charge in [-0.3, -0.25) is 14.5 Å². The van der Waals surface area contributed by atoms with Crippen molar-refractivity contribution in [1.29, 1.82) is 0 Å². The maximum atomic E-state index is 13.6. The van der Waals surface area contributed by atoms with E-state index in [1.807, 2.05) is 30.3 Å². The average molecular weight is 489 g/mol. The first-order valence-electron chi connectivity index (χ1n) is 9.62. The molecular weight excluding hydrogens is 471 g/mol. The maximum Gasteiger partial charge on any atom is 0.260 e. The number of halogens is 2. The van der Waals surface area contributed by atoms with Crippen molar-refractivity contribution >= 4 is 56.2 Å². The summed E-state index contributed by atoms with van der Waals surface area (Å²) in [6.07, 6.45) is 1.34. The second-order valence-electron chi connectivity index (χ2n) is 7.45. The fourth-order valence-corrected chi connectivity index (χ4v) is 4.76. The minimum Gasteiger partial charge on any atom is -0.322 e. The molecule has 3 aromatic carbocycles. The Hall–Kier alpha value is -2.87. The molecule has 1 aliphatic rings. The fourth-order valence-electron chi connectivity index (χ4n) is 3.62. The van der Waals surface area contributed by atoms with Gasteiger partial charge in [-0.25, -0.2) is 8.42 Å². The van der Waals surface area contributed by atoms with Crippen LogP contribution >= 0.6 is 23.2 Å². The Morgan fingerprint density at radius 2 is 1.75 bits per heavy atom. The van der Waals surface area contributed by atoms with Crippen LogP contribution in [0.15, 0.2) is 71.6 Å². The number of rotatable bonds is 4. The summed E-state index contributed by atoms with van der Waals surface area (Å²) < 4.78 is 24.0. The van der Waals surface area contributed by atoms with Crippen molar-refractivity contribution in [3.63, 3.8) is 0 Å². The SMILES string of the molecule is CS(=O)(=O)c1ccc2c(c1)NC(=O)[C@H](Cc1ccccc1)N2C(=O)c1ccc(Cl)cc1Cl. The molecule has 1 atom stereocenters. The molecule has 0 unspecified atom stereocenters. The van der Waals surface area contributed by atoms with Gasteiger partial charge in [-0.1, -0.05) is 53.5 Å². The zero-order valence-corrected chi connectivity index (χ0v) is 19.2. The molecule has 0 spiro atoms. The lowest BCUT2D eigenvalue weighted by Gasteiger charge is -2.37. The quantitative estimate of drug-likeness (QED) is 0.581. The standard InChI is InChI=1S/C23H18Cl2N2O4S/c1-32(30,31)16-8-10-20-19(13-16)26-22(28)21(11-14-5-3-2-4-6-14)27(20)23(29)17-9-7-15(24)12-18(17)25/h2-10,12-13,21H,11H2,1H3,(H,26,28)/t21-/m0/s1. The number of sulfone groups is 1. The lowest BCUT2D eigenvalue weighted by atomic mass is 9.99. The summed E-state index contributed by atoms with van der Waals surface area (Å²) in [6, 6.07) is 17.2. The predicted molar refractivity (Wildman–Crippen MR) is 125 cm³/mol. The van der Waals surface area contributed by atoms with E-state index < -0.39 is 27.7 Å². The van der Waals surface area contributed by atoms with Crippen molar-refractivity contribution in [1.82, 2.24) is 0 Å². The molecule has 0 bridgehead atoms. The third kappa shape index (κ3) is 4.37. The van der Waals surface area contributed by atoms with Crippen LogP contribution in [0.3, 0.4) is 0 Å². The first-order chi connectivity index (χ1) is 15.1. The van der Waals surface area contributed by atoms with Gasteiger partial charge in [0.1, 0.15) is 6.04 Å². The molecule has 0 aliphatic carbocycles. The number of fused-ring (bicyclic) bond motifs is 1. The van der Waals surface area contributed by atoms with Gasteiger partial charge >= 0.3 is 0 Å². The largest absolute Gasteiger partial charge is 0.322 e. The van der Waals surface area contributed by atoms with E-state index in [0.29, 0.717) is 10.7 Å². The van der Waals surface area contributed by atoms with Crippen molar-refractivity contribution < 1.29 is 18.0 Å². The second kappa shape index (κ2) is 8.58. The molecule has 1 N–H and O–H groups in total. The van der Waals surface area contributed by atoms with Gasteiger partial charge in [0.25, 0.3) is 5.91 Å². The smallest absolute Gasteiger partial charge is 0.260 e. The van der Waals surface area contributed by atoms with Crippen molar-refractivity contribution in [2.45, 2.75) is 17.4 Å². The molecule has 0 aromatic heterocycles. The number of amides is 2. The zero-order chi connectivity index (χ0) is 23.0. The Balaban J connectivity index is 1.85. The number of carbonyl (C=O) groups excluding carboxylic acids is 2. The number of hydrogen-bond donors (Lipinski definition) is 1. The van der Waals surface area contributed by atoms with Crippen molar-refractivity contribution in [2.75, 3.05) is 16.5 Å². The molecule has 164 valence electrons. The third-order valence-corrected chi connectivity index (χ3v) is 6.84. The van der Waals surface area contributed by atoms with Crippen LogP contribution < -0.4 is 10.2 Å². The van der Waals surface area contributed by atoms with E-state index in [-0.39, 0.29) is 27.6 Å². The highest BCUT2D eigenvalue weighted by Gasteiger charge is 2.38. The predicted octanol–water partition coefficient (Wildman–Crippen LogP) is 4.61. The molecule has 2 amide bonds. The number of carbonyl (C=O) groups is 2. The van der Waals surface area contributed by atoms with Crippen LogP contribution in [0.1, 0.15) is 15.9 Å². The topological polar surface area (TPSA) is 83.6 Å². The second-order valence-corrected chi connectivity index (χ2v) is 10.3. The Labute approximate surface area is 195 Å². The Bertz CT molecular complexity index is 1330. The van der Waals surface area contributed by atoms with Crippen LogP contribution in [0.5, 0.6) is 0 Å². The average Bonchev–Trinajstić information content (AvgIpc) is 2.73. The molecule has 0 radical (unpaired) electrons. The highest BCUT2D eigenvalue weighted by Crippen LogP contribution is 2.37. The Morgan fingerprint density at radius 1 is 1.03 bits per heavy atom. The minimum atomic E-state index is -3.51. The monoisotopic (exact) mass is 488 g/mol. The van der Waals surface area contributed by atoms with Gasteiger partial charge in [0.15, 0.2) is 9.84 Å². The highest BCUT2D eigenvalue weighted by molar-refractivity contribution is 7.90. The van der Waals surface area contributed by atoms with Crippen molar-refractivity contribution in [3.05, 3.63) is 87.9 Å². The van der Waals surface area contributed by atoms with E-state index in [1.54, 1.807) is 6.07 Å². The van der Waals surface area contributed by atoms with E-state index in [2.05, 4.69) is 5.32 Å². The van der Waals surface area contributed by atoms with E-state index in [0.717, 1.165) is 11.8 Å². The lowest BCUT2D eigenvalue weighted by Crippen LogP contribution is -2.52. The molecule has 3 aromatic rings. The molecule has 0 saturated carbocycles. The van der Waals surface area contributed by atoms with Gasteiger partial charge in [-0.15, -0.1) is 0 Å². The summed E-state index contributed by atoms with van der Waals surface area (Å²) >= 11 is 12.3. The summed E-state index contributed by atoms with van der Waals surface area (Å²) in [4.78, 5) is 28.1. The summed E-state index contributed by atoms with van der Waals surface area (Å²) in [5.74, 6) is -0.916. The maximum absolute atomic E-state index is 13.6. The number of benzene rings is 3. The first kappa shape index (κ1) is 22.3.